The molecule has 0 aliphatic rings. The van der Waals surface area contributed by atoms with Crippen molar-refractivity contribution >= 4 is 6.29 Å². The van der Waals surface area contributed by atoms with Gasteiger partial charge in [0.2, 0.25) is 0 Å². The van der Waals surface area contributed by atoms with Gasteiger partial charge in [-0.05, 0) is 6.42 Å². The summed E-state index contributed by atoms with van der Waals surface area (Å²) in [5, 5.41) is 9.32. The molecule has 0 aliphatic carbocycles. The molecule has 0 saturated carbocycles. The third kappa shape index (κ3) is 11.7. The molecule has 0 aliphatic heterocycles. The Kier molecular flexibility index (Phi) is 12.4. The summed E-state index contributed by atoms with van der Waals surface area (Å²) in [6.45, 7) is 2.24. The maximum absolute atomic E-state index is 10.1. The molecule has 0 rings (SSSR count). The van der Waals surface area contributed by atoms with Crippen molar-refractivity contribution in [1.29, 1.82) is 0 Å². The van der Waals surface area contributed by atoms with Gasteiger partial charge in [-0.15, -0.1) is 0 Å². The number of aliphatic hydroxyl groups is 1. The van der Waals surface area contributed by atoms with E-state index in [1.807, 2.05) is 0 Å². The van der Waals surface area contributed by atoms with E-state index in [0.29, 0.717) is 6.42 Å². The second-order valence-electron chi connectivity index (χ2n) is 4.67. The summed E-state index contributed by atoms with van der Waals surface area (Å²) in [6, 6.07) is 0. The quantitative estimate of drug-likeness (QED) is 0.407. The van der Waals surface area contributed by atoms with Gasteiger partial charge in [-0.1, -0.05) is 64.7 Å². The van der Waals surface area contributed by atoms with Gasteiger partial charge in [0.05, 0.1) is 6.10 Å². The topological polar surface area (TPSA) is 37.3 Å². The number of carbonyl (C=O) groups excluding carboxylic acids is 1. The number of hydrogen-bond acceptors (Lipinski definition) is 2. The van der Waals surface area contributed by atoms with Crippen LogP contribution in [0.4, 0.5) is 0 Å². The van der Waals surface area contributed by atoms with Crippen LogP contribution in [0.5, 0.6) is 0 Å². The van der Waals surface area contributed by atoms with Crippen LogP contribution < -0.4 is 0 Å². The molecule has 0 fully saturated rings. The van der Waals surface area contributed by atoms with E-state index >= 15 is 0 Å². The molecule has 0 saturated heterocycles. The Morgan fingerprint density at radius 1 is 0.938 bits per heavy atom. The number of hydrogen-bond donors (Lipinski definition) is 1. The Bertz CT molecular complexity index is 146. The molecule has 2 heteroatoms. The highest BCUT2D eigenvalue weighted by Gasteiger charge is 2.01. The molecular formula is C14H28O2. The molecule has 96 valence electrons. The zero-order valence-corrected chi connectivity index (χ0v) is 10.8. The molecule has 0 aromatic rings. The number of unbranched alkanes of at least 4 members (excludes halogenated alkanes) is 8. The number of rotatable bonds is 12. The van der Waals surface area contributed by atoms with Gasteiger partial charge in [-0.3, -0.25) is 0 Å². The Morgan fingerprint density at radius 2 is 1.44 bits per heavy atom. The van der Waals surface area contributed by atoms with Crippen molar-refractivity contribution in [2.45, 2.75) is 83.7 Å². The fourth-order valence-electron chi connectivity index (χ4n) is 1.92. The number of aldehydes is 1. The van der Waals surface area contributed by atoms with Crippen molar-refractivity contribution in [3.05, 3.63) is 0 Å². The van der Waals surface area contributed by atoms with Gasteiger partial charge in [0.1, 0.15) is 6.29 Å². The minimum absolute atomic E-state index is 0.303. The molecule has 1 atom stereocenters. The Morgan fingerprint density at radius 3 is 1.94 bits per heavy atom. The van der Waals surface area contributed by atoms with E-state index in [0.717, 1.165) is 19.1 Å². The summed E-state index contributed by atoms with van der Waals surface area (Å²) < 4.78 is 0. The molecule has 16 heavy (non-hydrogen) atoms. The van der Waals surface area contributed by atoms with Gasteiger partial charge in [-0.25, -0.2) is 0 Å². The summed E-state index contributed by atoms with van der Waals surface area (Å²) in [4.78, 5) is 10.1. The van der Waals surface area contributed by atoms with Crippen molar-refractivity contribution in [3.63, 3.8) is 0 Å². The standard InChI is InChI=1S/C14H28O2/c1-2-3-4-5-6-7-8-9-10-11-14(16)12-13-15/h13-14,16H,2-12H2,1H3/t14-/m1/s1. The van der Waals surface area contributed by atoms with Crippen molar-refractivity contribution in [3.8, 4) is 0 Å². The van der Waals surface area contributed by atoms with E-state index in [2.05, 4.69) is 6.92 Å². The van der Waals surface area contributed by atoms with Crippen molar-refractivity contribution in [1.82, 2.24) is 0 Å². The maximum Gasteiger partial charge on any atom is 0.122 e. The van der Waals surface area contributed by atoms with E-state index in [1.165, 1.54) is 51.4 Å². The van der Waals surface area contributed by atoms with E-state index in [4.69, 9.17) is 0 Å². The molecule has 0 unspecified atom stereocenters. The number of carbonyl (C=O) groups is 1. The highest BCUT2D eigenvalue weighted by molar-refractivity contribution is 5.49. The zero-order chi connectivity index (χ0) is 12.1. The lowest BCUT2D eigenvalue weighted by molar-refractivity contribution is -0.109. The Balaban J connectivity index is 3.00. The number of aliphatic hydroxyl groups excluding tert-OH is 1. The monoisotopic (exact) mass is 228 g/mol. The first kappa shape index (κ1) is 15.6. The average molecular weight is 228 g/mol. The molecule has 0 aromatic carbocycles. The summed E-state index contributed by atoms with van der Waals surface area (Å²) in [5.41, 5.74) is 0. The van der Waals surface area contributed by atoms with Gasteiger partial charge in [0.25, 0.3) is 0 Å². The lowest BCUT2D eigenvalue weighted by atomic mass is 10.0. The van der Waals surface area contributed by atoms with Crippen LogP contribution in [-0.4, -0.2) is 17.5 Å². The minimum Gasteiger partial charge on any atom is -0.393 e. The van der Waals surface area contributed by atoms with Gasteiger partial charge < -0.3 is 9.90 Å². The van der Waals surface area contributed by atoms with Gasteiger partial charge in [-0.2, -0.15) is 0 Å². The molecule has 0 aromatic heterocycles. The highest BCUT2D eigenvalue weighted by Crippen LogP contribution is 2.11. The van der Waals surface area contributed by atoms with Crippen LogP contribution in [0, 0.1) is 0 Å². The van der Waals surface area contributed by atoms with Crippen LogP contribution in [-0.2, 0) is 4.79 Å². The maximum atomic E-state index is 10.1. The summed E-state index contributed by atoms with van der Waals surface area (Å²) >= 11 is 0. The molecule has 0 bridgehead atoms. The van der Waals surface area contributed by atoms with E-state index < -0.39 is 6.10 Å². The highest BCUT2D eigenvalue weighted by atomic mass is 16.3. The first-order chi connectivity index (χ1) is 7.81. The second-order valence-corrected chi connectivity index (χ2v) is 4.67. The first-order valence-corrected chi connectivity index (χ1v) is 6.93. The van der Waals surface area contributed by atoms with Crippen LogP contribution in [0.2, 0.25) is 0 Å². The molecule has 0 spiro atoms. The van der Waals surface area contributed by atoms with Gasteiger partial charge in [0, 0.05) is 6.42 Å². The fraction of sp³-hybridized carbons (Fsp3) is 0.929. The lowest BCUT2D eigenvalue weighted by Gasteiger charge is -2.06. The van der Waals surface area contributed by atoms with E-state index in [1.54, 1.807) is 0 Å². The van der Waals surface area contributed by atoms with Crippen LogP contribution in [0.25, 0.3) is 0 Å². The smallest absolute Gasteiger partial charge is 0.122 e. The molecule has 0 amide bonds. The van der Waals surface area contributed by atoms with Gasteiger partial charge in [0.15, 0.2) is 0 Å². The third-order valence-electron chi connectivity index (χ3n) is 3.01. The molecule has 0 radical (unpaired) electrons. The minimum atomic E-state index is -0.401. The van der Waals surface area contributed by atoms with Crippen molar-refractivity contribution in [2.24, 2.45) is 0 Å². The van der Waals surface area contributed by atoms with Crippen LogP contribution in [0.3, 0.4) is 0 Å². The largest absolute Gasteiger partial charge is 0.393 e. The molecular weight excluding hydrogens is 200 g/mol. The lowest BCUT2D eigenvalue weighted by Crippen LogP contribution is -2.06. The fourth-order valence-corrected chi connectivity index (χ4v) is 1.92. The van der Waals surface area contributed by atoms with E-state index in [-0.39, 0.29) is 0 Å². The molecule has 0 heterocycles. The summed E-state index contributed by atoms with van der Waals surface area (Å²) in [5.74, 6) is 0. The van der Waals surface area contributed by atoms with Crippen LogP contribution in [0.1, 0.15) is 77.6 Å². The second kappa shape index (κ2) is 12.7. The average Bonchev–Trinajstić information content (AvgIpc) is 2.27. The van der Waals surface area contributed by atoms with Gasteiger partial charge >= 0.3 is 0 Å². The normalized spacial score (nSPS) is 12.6. The van der Waals surface area contributed by atoms with Crippen molar-refractivity contribution in [2.75, 3.05) is 0 Å². The predicted octanol–water partition coefficient (Wildman–Crippen LogP) is 3.86. The van der Waals surface area contributed by atoms with Crippen LogP contribution >= 0.6 is 0 Å². The molecule has 2 nitrogen and oxygen atoms in total. The third-order valence-corrected chi connectivity index (χ3v) is 3.01. The predicted molar refractivity (Wildman–Crippen MR) is 68.5 cm³/mol. The first-order valence-electron chi connectivity index (χ1n) is 6.93. The van der Waals surface area contributed by atoms with Crippen molar-refractivity contribution < 1.29 is 9.90 Å². The Hall–Kier alpha value is -0.370. The zero-order valence-electron chi connectivity index (χ0n) is 10.8. The summed E-state index contributed by atoms with van der Waals surface area (Å²) in [6.07, 6.45) is 13.2. The SMILES string of the molecule is CCCCCCCCCCC[C@@H](O)CC=O. The summed E-state index contributed by atoms with van der Waals surface area (Å²) in [7, 11) is 0. The Labute approximate surface area is 100 Å². The molecule has 1 N–H and O–H groups in total. The van der Waals surface area contributed by atoms with E-state index in [9.17, 15) is 9.90 Å². The van der Waals surface area contributed by atoms with Crippen LogP contribution in [0.15, 0.2) is 0 Å².